The summed E-state index contributed by atoms with van der Waals surface area (Å²) in [5.41, 5.74) is 9.31. The third-order valence-corrected chi connectivity index (χ3v) is 26.4. The van der Waals surface area contributed by atoms with E-state index in [1.807, 2.05) is 11.3 Å². The minimum absolute atomic E-state index is 0. The van der Waals surface area contributed by atoms with Gasteiger partial charge in [0.05, 0.1) is 0 Å². The maximum absolute atomic E-state index is 4.60. The Hall–Kier alpha value is 2.83. The van der Waals surface area contributed by atoms with Crippen molar-refractivity contribution < 1.29 is 5.48 Å². The van der Waals surface area contributed by atoms with Crippen LogP contribution in [-0.4, -0.2) is 93.7 Å². The van der Waals surface area contributed by atoms with E-state index in [4.69, 9.17) is 0 Å². The Kier molecular flexibility index (Phi) is 30.8. The van der Waals surface area contributed by atoms with Gasteiger partial charge in [-0.25, -0.2) is 0 Å². The molecule has 0 amide bonds. The normalized spacial score (nSPS) is 9.42. The van der Waals surface area contributed by atoms with Crippen LogP contribution in [0.4, 0.5) is 0 Å². The summed E-state index contributed by atoms with van der Waals surface area (Å²) >= 11 is 19.2. The van der Waals surface area contributed by atoms with Crippen LogP contribution in [0.5, 0.6) is 0 Å². The maximum atomic E-state index is 4.60. The number of hydrogen-bond acceptors (Lipinski definition) is 3. The van der Waals surface area contributed by atoms with Crippen molar-refractivity contribution in [2.45, 2.75) is 46.7 Å². The second kappa shape index (κ2) is 27.6. The first-order valence-electron chi connectivity index (χ1n) is 11.4. The molecule has 0 aliphatic rings. The van der Waals surface area contributed by atoms with Crippen LogP contribution in [0.25, 0.3) is 10.1 Å². The van der Waals surface area contributed by atoms with Crippen LogP contribution >= 0.6 is 27.3 Å². The van der Waals surface area contributed by atoms with Crippen LogP contribution in [0, 0.1) is 22.9 Å². The Morgan fingerprint density at radius 2 is 1.30 bits per heavy atom. The van der Waals surface area contributed by atoms with Crippen molar-refractivity contribution in [3.8, 4) is 22.9 Å². The molecule has 18 heteroatoms. The Morgan fingerprint density at radius 3 is 1.77 bits per heavy atom. The van der Waals surface area contributed by atoms with E-state index in [1.54, 1.807) is 35.5 Å². The summed E-state index contributed by atoms with van der Waals surface area (Å²) in [6, 6.07) is 2.19. The molecule has 0 saturated heterocycles. The molecule has 0 radical (unpaired) electrons. The molecule has 4 aromatic rings. The monoisotopic (exact) mass is 1100 g/mol. The Balaban J connectivity index is 0. The zero-order chi connectivity index (χ0) is 30.7. The number of thiophene rings is 1. The number of rotatable bonds is 1. The van der Waals surface area contributed by atoms with Gasteiger partial charge in [0.1, 0.15) is 0 Å². The van der Waals surface area contributed by atoms with Crippen LogP contribution in [0.1, 0.15) is 18.6 Å². The molecular formula is C25H32BrLiOS9Se4Si2. The van der Waals surface area contributed by atoms with Crippen molar-refractivity contribution in [2.24, 2.45) is 0 Å². The van der Waals surface area contributed by atoms with Crippen molar-refractivity contribution in [3.05, 3.63) is 56.7 Å². The minimum atomic E-state index is -1.20. The number of fused-ring (bicyclic) bond motifs is 1. The van der Waals surface area contributed by atoms with Gasteiger partial charge in [0.25, 0.3) is 0 Å². The molecule has 0 aliphatic carbocycles. The fourth-order valence-corrected chi connectivity index (χ4v) is 23.8. The summed E-state index contributed by atoms with van der Waals surface area (Å²) in [6.45, 7) is 13.7. The topological polar surface area (TPSA) is 31.5 Å². The summed E-state index contributed by atoms with van der Waals surface area (Å²) in [5.74, 6) is 6.60. The molecule has 4 heterocycles. The van der Waals surface area contributed by atoms with E-state index in [-0.39, 0.29) is 12.9 Å². The fourth-order valence-electron chi connectivity index (χ4n) is 2.15. The van der Waals surface area contributed by atoms with E-state index < -0.39 is 16.1 Å². The first-order chi connectivity index (χ1) is 19.4. The van der Waals surface area contributed by atoms with Crippen LogP contribution < -0.4 is 4.46 Å². The van der Waals surface area contributed by atoms with Gasteiger partial charge in [-0.2, -0.15) is 0 Å². The third-order valence-electron chi connectivity index (χ3n) is 3.84. The van der Waals surface area contributed by atoms with Gasteiger partial charge < -0.3 is 5.48 Å². The van der Waals surface area contributed by atoms with E-state index in [0.717, 1.165) is 0 Å². The van der Waals surface area contributed by atoms with E-state index in [2.05, 4.69) is 157 Å². The molecule has 2 N–H and O–H groups in total. The third kappa shape index (κ3) is 24.6. The van der Waals surface area contributed by atoms with Crippen molar-refractivity contribution in [2.75, 3.05) is 0 Å². The van der Waals surface area contributed by atoms with Gasteiger partial charge in [-0.05, 0) is 0 Å². The van der Waals surface area contributed by atoms with Crippen LogP contribution in [-0.2, 0) is 75.7 Å². The SMILES string of the molecule is C.C[Si](C)(C)C#Cc1c[se]cc1Br.O.S=S=S=S=S=S=S=S.[Li][Se]c1c[se]cc1C#C[Si](C)(C)C.c1cc2c[se]cc2s1. The molecule has 232 valence electrons. The number of hydrogen-bond donors (Lipinski definition) is 0. The molecule has 0 aliphatic heterocycles. The Bertz CT molecular complexity index is 1680. The van der Waals surface area contributed by atoms with Crippen molar-refractivity contribution >= 4 is 206 Å². The molecule has 0 spiro atoms. The molecule has 1 nitrogen and oxygen atoms in total. The second-order valence-electron chi connectivity index (χ2n) is 9.51. The summed E-state index contributed by atoms with van der Waals surface area (Å²) in [7, 11) is 6.74. The summed E-state index contributed by atoms with van der Waals surface area (Å²) in [6.07, 6.45) is 0. The average molecular weight is 1100 g/mol. The molecule has 43 heavy (non-hydrogen) atoms. The zero-order valence-electron chi connectivity index (χ0n) is 23.8. The van der Waals surface area contributed by atoms with Gasteiger partial charge in [-0.3, -0.25) is 0 Å². The van der Waals surface area contributed by atoms with Gasteiger partial charge in [-0.15, -0.1) is 0 Å². The molecule has 4 rings (SSSR count). The van der Waals surface area contributed by atoms with Gasteiger partial charge in [0, 0.05) is 75.7 Å². The molecule has 0 bridgehead atoms. The molecule has 0 unspecified atom stereocenters. The predicted molar refractivity (Wildman–Crippen MR) is 234 cm³/mol. The Labute approximate surface area is 331 Å². The Morgan fingerprint density at radius 1 is 0.791 bits per heavy atom. The first kappa shape index (κ1) is 47.9. The van der Waals surface area contributed by atoms with Crippen molar-refractivity contribution in [1.82, 2.24) is 0 Å². The summed E-state index contributed by atoms with van der Waals surface area (Å²) in [5, 5.41) is 3.60. The first-order valence-corrected chi connectivity index (χ1v) is 37.9. The van der Waals surface area contributed by atoms with Crippen LogP contribution in [0.3, 0.4) is 0 Å². The quantitative estimate of drug-likeness (QED) is 0.202. The predicted octanol–water partition coefficient (Wildman–Crippen LogP) is 4.87. The summed E-state index contributed by atoms with van der Waals surface area (Å²) < 4.78 is 4.19. The standard InChI is InChI=1S/C9H11BrSeSi.C9H12Se2Si.C6H4SSe.CH4.Li.H2O.S8/c2*1-12(2,3)5-4-8-6-11-7-9(8)10;1-2-7-6-4-8-3-5(1)6;;;;1-3-5-7-8-6-4-2/h6-7H,1-3H3;6-7,10H,1-3H3;1-4H;1H4;;1H2;/q;;;;+1;;/p-1. The molecule has 0 atom stereocenters. The number of halogens is 1. The van der Waals surface area contributed by atoms with Gasteiger partial charge >= 0.3 is 249 Å². The van der Waals surface area contributed by atoms with Gasteiger partial charge in [0.2, 0.25) is 0 Å². The van der Waals surface area contributed by atoms with E-state index in [9.17, 15) is 0 Å². The summed E-state index contributed by atoms with van der Waals surface area (Å²) in [4.78, 5) is 13.8. The fraction of sp³-hybridized carbons (Fsp3) is 0.280. The van der Waals surface area contributed by atoms with Crippen molar-refractivity contribution in [3.63, 3.8) is 0 Å². The molecule has 0 aromatic carbocycles. The zero-order valence-corrected chi connectivity index (χ0v) is 41.6. The van der Waals surface area contributed by atoms with E-state index in [1.165, 1.54) is 47.9 Å². The van der Waals surface area contributed by atoms with Crippen LogP contribution in [0.2, 0.25) is 39.3 Å². The molecular weight excluding hydrogens is 1060 g/mol. The van der Waals surface area contributed by atoms with E-state index >= 15 is 0 Å². The second-order valence-corrected chi connectivity index (χ2v) is 37.9. The molecule has 0 saturated carbocycles. The van der Waals surface area contributed by atoms with E-state index in [0.29, 0.717) is 56.3 Å². The van der Waals surface area contributed by atoms with Gasteiger partial charge in [0.15, 0.2) is 0 Å². The average Bonchev–Trinajstić information content (AvgIpc) is 3.70. The van der Waals surface area contributed by atoms with Crippen molar-refractivity contribution in [1.29, 1.82) is 0 Å². The van der Waals surface area contributed by atoms with Crippen LogP contribution in [0.15, 0.2) is 45.6 Å². The molecule has 0 fully saturated rings. The van der Waals surface area contributed by atoms with Gasteiger partial charge in [-0.1, -0.05) is 7.43 Å². The molecule has 4 aromatic heterocycles.